The van der Waals surface area contributed by atoms with Crippen molar-refractivity contribution in [2.75, 3.05) is 26.4 Å². The van der Waals surface area contributed by atoms with Gasteiger partial charge in [-0.1, -0.05) is 12.1 Å². The van der Waals surface area contributed by atoms with Crippen molar-refractivity contribution in [3.05, 3.63) is 41.0 Å². The molecule has 1 aromatic heterocycles. The molecule has 162 valence electrons. The average molecular weight is 413 g/mol. The highest BCUT2D eigenvalue weighted by atomic mass is 16.5. The molecule has 1 saturated heterocycles. The Bertz CT molecular complexity index is 873. The molecule has 2 aliphatic rings. The minimum absolute atomic E-state index is 0.478. The molecule has 3 heterocycles. The minimum atomic E-state index is 0.478. The lowest BCUT2D eigenvalue weighted by Gasteiger charge is -2.15. The smallest absolute Gasteiger partial charge is 0.191 e. The third-order valence-corrected chi connectivity index (χ3v) is 5.57. The molecule has 0 bridgehead atoms. The lowest BCUT2D eigenvalue weighted by atomic mass is 10.1. The summed E-state index contributed by atoms with van der Waals surface area (Å²) in [5.41, 5.74) is 2.27. The number of hydrogen-bond acceptors (Lipinski definition) is 5. The molecule has 1 aromatic carbocycles. The van der Waals surface area contributed by atoms with Crippen molar-refractivity contribution in [2.45, 2.75) is 52.7 Å². The van der Waals surface area contributed by atoms with Crippen molar-refractivity contribution in [1.29, 1.82) is 0 Å². The number of aliphatic imine (C=N–C) groups is 1. The van der Waals surface area contributed by atoms with Gasteiger partial charge in [0, 0.05) is 37.6 Å². The maximum atomic E-state index is 6.15. The second-order valence-electron chi connectivity index (χ2n) is 7.99. The van der Waals surface area contributed by atoms with Gasteiger partial charge in [0.05, 0.1) is 26.3 Å². The van der Waals surface area contributed by atoms with Crippen LogP contribution in [-0.4, -0.2) is 47.1 Å². The van der Waals surface area contributed by atoms with Crippen molar-refractivity contribution < 1.29 is 9.47 Å². The fourth-order valence-electron chi connectivity index (χ4n) is 3.86. The quantitative estimate of drug-likeness (QED) is 0.511. The van der Waals surface area contributed by atoms with Crippen LogP contribution in [-0.2, 0) is 30.8 Å². The monoisotopic (exact) mass is 412 g/mol. The fraction of sp³-hybridized carbons (Fsp3) is 0.591. The van der Waals surface area contributed by atoms with Gasteiger partial charge in [0.15, 0.2) is 11.8 Å². The first kappa shape index (κ1) is 20.7. The second-order valence-corrected chi connectivity index (χ2v) is 7.99. The van der Waals surface area contributed by atoms with E-state index >= 15 is 0 Å². The first-order valence-corrected chi connectivity index (χ1v) is 11.0. The van der Waals surface area contributed by atoms with Crippen LogP contribution in [0.1, 0.15) is 42.5 Å². The van der Waals surface area contributed by atoms with E-state index in [-0.39, 0.29) is 0 Å². The topological polar surface area (TPSA) is 85.6 Å². The predicted molar refractivity (Wildman–Crippen MR) is 116 cm³/mol. The molecule has 4 rings (SSSR count). The molecule has 0 saturated carbocycles. The van der Waals surface area contributed by atoms with Crippen LogP contribution in [0.2, 0.25) is 0 Å². The van der Waals surface area contributed by atoms with Crippen molar-refractivity contribution >= 4 is 5.96 Å². The summed E-state index contributed by atoms with van der Waals surface area (Å²) in [5, 5.41) is 15.3. The van der Waals surface area contributed by atoms with Crippen molar-refractivity contribution in [3.8, 4) is 5.75 Å². The van der Waals surface area contributed by atoms with E-state index in [1.807, 2.05) is 0 Å². The second kappa shape index (κ2) is 9.93. The average Bonchev–Trinajstić information content (AvgIpc) is 3.48. The summed E-state index contributed by atoms with van der Waals surface area (Å²) in [6.45, 7) is 9.42. The summed E-state index contributed by atoms with van der Waals surface area (Å²) in [5.74, 6) is 4.21. The maximum Gasteiger partial charge on any atom is 0.191 e. The van der Waals surface area contributed by atoms with Gasteiger partial charge in [0.2, 0.25) is 0 Å². The van der Waals surface area contributed by atoms with Gasteiger partial charge >= 0.3 is 0 Å². The van der Waals surface area contributed by atoms with Gasteiger partial charge in [0.25, 0.3) is 0 Å². The largest absolute Gasteiger partial charge is 0.493 e. The first-order chi connectivity index (χ1) is 14.7. The number of hydrogen-bond donors (Lipinski definition) is 2. The lowest BCUT2D eigenvalue weighted by Crippen LogP contribution is -2.37. The molecule has 8 nitrogen and oxygen atoms in total. The Kier molecular flexibility index (Phi) is 6.84. The summed E-state index contributed by atoms with van der Waals surface area (Å²) in [6, 6.07) is 6.31. The van der Waals surface area contributed by atoms with Crippen LogP contribution in [0, 0.1) is 12.8 Å². The number of aryl methyl sites for hydroxylation is 2. The van der Waals surface area contributed by atoms with Gasteiger partial charge in [-0.05, 0) is 38.3 Å². The number of aromatic nitrogens is 3. The van der Waals surface area contributed by atoms with Crippen LogP contribution in [0.15, 0.2) is 23.2 Å². The van der Waals surface area contributed by atoms with Crippen LogP contribution in [0.5, 0.6) is 5.75 Å². The van der Waals surface area contributed by atoms with Gasteiger partial charge in [-0.25, -0.2) is 4.99 Å². The molecular weight excluding hydrogens is 380 g/mol. The highest BCUT2D eigenvalue weighted by Gasteiger charge is 2.18. The van der Waals surface area contributed by atoms with Crippen molar-refractivity contribution in [1.82, 2.24) is 25.4 Å². The van der Waals surface area contributed by atoms with E-state index in [0.29, 0.717) is 25.6 Å². The van der Waals surface area contributed by atoms with Crippen LogP contribution < -0.4 is 15.4 Å². The van der Waals surface area contributed by atoms with E-state index in [4.69, 9.17) is 14.5 Å². The first-order valence-electron chi connectivity index (χ1n) is 11.0. The Labute approximate surface area is 178 Å². The molecule has 0 spiro atoms. The Hall–Kier alpha value is -2.61. The van der Waals surface area contributed by atoms with Crippen LogP contribution in [0.25, 0.3) is 0 Å². The molecule has 1 unspecified atom stereocenters. The molecule has 8 heteroatoms. The summed E-state index contributed by atoms with van der Waals surface area (Å²) in [4.78, 5) is 4.78. The highest BCUT2D eigenvalue weighted by Crippen LogP contribution is 2.23. The normalized spacial score (nSPS) is 18.5. The highest BCUT2D eigenvalue weighted by molar-refractivity contribution is 5.79. The summed E-state index contributed by atoms with van der Waals surface area (Å²) in [7, 11) is 0. The Morgan fingerprint density at radius 1 is 1.33 bits per heavy atom. The summed E-state index contributed by atoms with van der Waals surface area (Å²) >= 11 is 0. The van der Waals surface area contributed by atoms with E-state index in [0.717, 1.165) is 74.5 Å². The van der Waals surface area contributed by atoms with Gasteiger partial charge in [0.1, 0.15) is 11.6 Å². The molecular formula is C22H32N6O2. The van der Waals surface area contributed by atoms with E-state index in [9.17, 15) is 0 Å². The zero-order valence-electron chi connectivity index (χ0n) is 18.0. The van der Waals surface area contributed by atoms with Gasteiger partial charge in [-0.2, -0.15) is 0 Å². The number of ether oxygens (including phenoxy) is 2. The number of nitrogens with zero attached hydrogens (tertiary/aromatic N) is 4. The maximum absolute atomic E-state index is 6.15. The molecule has 2 aromatic rings. The van der Waals surface area contributed by atoms with E-state index in [1.165, 1.54) is 5.56 Å². The zero-order valence-corrected chi connectivity index (χ0v) is 18.0. The van der Waals surface area contributed by atoms with Crippen molar-refractivity contribution in [2.24, 2.45) is 10.9 Å². The van der Waals surface area contributed by atoms with E-state index in [1.54, 1.807) is 0 Å². The number of rotatable bonds is 8. The van der Waals surface area contributed by atoms with E-state index < -0.39 is 0 Å². The standard InChI is InChI=1S/C22H32N6O2/c1-3-23-22(25-13-21-27-26-20-5-4-9-28(20)21)24-12-18-7-6-16(2)11-19(18)30-15-17-8-10-29-14-17/h6-7,11,17H,3-5,8-10,12-15H2,1-2H3,(H2,23,24,25). The van der Waals surface area contributed by atoms with Crippen LogP contribution in [0.3, 0.4) is 0 Å². The van der Waals surface area contributed by atoms with Gasteiger partial charge in [-0.15, -0.1) is 10.2 Å². The third-order valence-electron chi connectivity index (χ3n) is 5.57. The molecule has 0 amide bonds. The molecule has 1 fully saturated rings. The third kappa shape index (κ3) is 5.11. The predicted octanol–water partition coefficient (Wildman–Crippen LogP) is 2.20. The number of benzene rings is 1. The Balaban J connectivity index is 1.40. The van der Waals surface area contributed by atoms with Crippen LogP contribution in [0.4, 0.5) is 0 Å². The molecule has 30 heavy (non-hydrogen) atoms. The molecule has 0 radical (unpaired) electrons. The minimum Gasteiger partial charge on any atom is -0.493 e. The molecule has 2 N–H and O–H groups in total. The van der Waals surface area contributed by atoms with Crippen molar-refractivity contribution in [3.63, 3.8) is 0 Å². The Morgan fingerprint density at radius 3 is 3.10 bits per heavy atom. The SMILES string of the molecule is CCNC(=NCc1ccc(C)cc1OCC1CCOC1)NCc1nnc2n1CCC2. The summed E-state index contributed by atoms with van der Waals surface area (Å²) in [6.07, 6.45) is 3.24. The molecule has 2 aliphatic heterocycles. The van der Waals surface area contributed by atoms with E-state index in [2.05, 4.69) is 57.4 Å². The van der Waals surface area contributed by atoms with Gasteiger partial charge in [-0.3, -0.25) is 0 Å². The number of nitrogens with one attached hydrogen (secondary N) is 2. The lowest BCUT2D eigenvalue weighted by molar-refractivity contribution is 0.166. The number of guanidine groups is 1. The molecule has 0 aliphatic carbocycles. The zero-order chi connectivity index (χ0) is 20.8. The molecule has 1 atom stereocenters. The Morgan fingerprint density at radius 2 is 2.27 bits per heavy atom. The van der Waals surface area contributed by atoms with Gasteiger partial charge < -0.3 is 24.7 Å². The van der Waals surface area contributed by atoms with Crippen LogP contribution >= 0.6 is 0 Å². The summed E-state index contributed by atoms with van der Waals surface area (Å²) < 4.78 is 13.8. The number of fused-ring (bicyclic) bond motifs is 1. The fourth-order valence-corrected chi connectivity index (χ4v) is 3.86.